The van der Waals surface area contributed by atoms with Gasteiger partial charge in [-0.05, 0) is 38.0 Å². The number of aryl methyl sites for hydroxylation is 1. The van der Waals surface area contributed by atoms with E-state index in [-0.39, 0.29) is 24.3 Å². The number of nitrogens with one attached hydrogen (secondary N) is 1. The van der Waals surface area contributed by atoms with E-state index in [1.807, 2.05) is 39.9 Å². The number of hydrogen-bond donors (Lipinski definition) is 1. The fraction of sp³-hybridized carbons (Fsp3) is 0.348. The number of hydrogen-bond acceptors (Lipinski definition) is 5. The number of carbonyl (C=O) groups excluding carboxylic acids is 2. The highest BCUT2D eigenvalue weighted by atomic mass is 16.5. The second-order valence-corrected chi connectivity index (χ2v) is 7.53. The van der Waals surface area contributed by atoms with Crippen LogP contribution < -0.4 is 10.1 Å². The molecule has 4 rings (SSSR count). The van der Waals surface area contributed by atoms with E-state index in [2.05, 4.69) is 10.4 Å². The Morgan fingerprint density at radius 2 is 1.94 bits per heavy atom. The third-order valence-corrected chi connectivity index (χ3v) is 5.47. The molecule has 0 saturated carbocycles. The zero-order chi connectivity index (χ0) is 21.6. The molecule has 1 fully saturated rings. The number of furan rings is 1. The van der Waals surface area contributed by atoms with Gasteiger partial charge in [0.1, 0.15) is 17.3 Å². The first-order valence-electron chi connectivity index (χ1n) is 10.5. The number of rotatable bonds is 7. The molecular weight excluding hydrogens is 396 g/mol. The Kier molecular flexibility index (Phi) is 6.35. The minimum Gasteiger partial charge on any atom is -0.493 e. The monoisotopic (exact) mass is 422 g/mol. The zero-order valence-corrected chi connectivity index (χ0v) is 17.5. The Balaban J connectivity index is 1.28. The summed E-state index contributed by atoms with van der Waals surface area (Å²) in [6.45, 7) is 3.36. The molecule has 1 aliphatic rings. The van der Waals surface area contributed by atoms with Gasteiger partial charge in [0.05, 0.1) is 37.1 Å². The largest absolute Gasteiger partial charge is 0.493 e. The van der Waals surface area contributed by atoms with Gasteiger partial charge in [0.2, 0.25) is 5.91 Å². The summed E-state index contributed by atoms with van der Waals surface area (Å²) in [4.78, 5) is 26.9. The van der Waals surface area contributed by atoms with Gasteiger partial charge in [-0.15, -0.1) is 0 Å². The van der Waals surface area contributed by atoms with E-state index in [0.29, 0.717) is 36.8 Å². The van der Waals surface area contributed by atoms with Crippen LogP contribution in [0.25, 0.3) is 0 Å². The lowest BCUT2D eigenvalue weighted by atomic mass is 10.0. The van der Waals surface area contributed by atoms with Gasteiger partial charge in [0.25, 0.3) is 5.91 Å². The molecule has 0 unspecified atom stereocenters. The molecule has 31 heavy (non-hydrogen) atoms. The lowest BCUT2D eigenvalue weighted by Gasteiger charge is -2.32. The first-order valence-corrected chi connectivity index (χ1v) is 10.5. The average molecular weight is 422 g/mol. The van der Waals surface area contributed by atoms with Gasteiger partial charge in [0.15, 0.2) is 0 Å². The van der Waals surface area contributed by atoms with Crippen LogP contribution in [0.5, 0.6) is 5.75 Å². The maximum absolute atomic E-state index is 12.7. The first kappa shape index (κ1) is 20.7. The summed E-state index contributed by atoms with van der Waals surface area (Å²) >= 11 is 0. The van der Waals surface area contributed by atoms with E-state index < -0.39 is 0 Å². The van der Waals surface area contributed by atoms with Crippen molar-refractivity contribution in [3.8, 4) is 5.75 Å². The second kappa shape index (κ2) is 9.51. The summed E-state index contributed by atoms with van der Waals surface area (Å²) in [7, 11) is 0. The minimum absolute atomic E-state index is 0.00268. The quantitative estimate of drug-likeness (QED) is 0.628. The van der Waals surface area contributed by atoms with Gasteiger partial charge in [-0.25, -0.2) is 4.68 Å². The van der Waals surface area contributed by atoms with Crippen molar-refractivity contribution in [2.75, 3.05) is 25.0 Å². The van der Waals surface area contributed by atoms with E-state index in [1.54, 1.807) is 31.5 Å². The van der Waals surface area contributed by atoms with Gasteiger partial charge in [-0.2, -0.15) is 5.10 Å². The lowest BCUT2D eigenvalue weighted by molar-refractivity contribution is -0.116. The van der Waals surface area contributed by atoms with Crippen LogP contribution in [0, 0.1) is 6.92 Å². The summed E-state index contributed by atoms with van der Waals surface area (Å²) in [6.07, 6.45) is 5.01. The molecule has 2 amide bonds. The fourth-order valence-electron chi connectivity index (χ4n) is 3.78. The highest BCUT2D eigenvalue weighted by molar-refractivity contribution is 5.95. The highest BCUT2D eigenvalue weighted by Crippen LogP contribution is 2.27. The molecule has 3 aromatic rings. The molecule has 2 aromatic heterocycles. The van der Waals surface area contributed by atoms with Crippen LogP contribution in [0.3, 0.4) is 0 Å². The molecule has 0 bridgehead atoms. The zero-order valence-electron chi connectivity index (χ0n) is 17.5. The molecule has 1 aromatic carbocycles. The Hall–Kier alpha value is -3.55. The lowest BCUT2D eigenvalue weighted by Crippen LogP contribution is -2.39. The molecule has 1 aliphatic heterocycles. The van der Waals surface area contributed by atoms with Crippen molar-refractivity contribution >= 4 is 17.6 Å². The molecule has 0 spiro atoms. The van der Waals surface area contributed by atoms with Crippen molar-refractivity contribution in [2.24, 2.45) is 0 Å². The van der Waals surface area contributed by atoms with E-state index in [0.717, 1.165) is 18.6 Å². The number of carbonyl (C=O) groups is 2. The number of nitrogens with zero attached hydrogens (tertiary/aromatic N) is 3. The fourth-order valence-corrected chi connectivity index (χ4v) is 3.78. The van der Waals surface area contributed by atoms with Crippen molar-refractivity contribution in [1.82, 2.24) is 14.7 Å². The van der Waals surface area contributed by atoms with E-state index in [4.69, 9.17) is 9.15 Å². The van der Waals surface area contributed by atoms with Crippen LogP contribution in [-0.4, -0.2) is 46.2 Å². The maximum Gasteiger partial charge on any atom is 0.257 e. The Labute approximate surface area is 180 Å². The van der Waals surface area contributed by atoms with Gasteiger partial charge < -0.3 is 19.4 Å². The number of piperidine rings is 1. The van der Waals surface area contributed by atoms with Crippen molar-refractivity contribution in [2.45, 2.75) is 32.2 Å². The predicted octanol–water partition coefficient (Wildman–Crippen LogP) is 3.67. The molecule has 162 valence electrons. The topological polar surface area (TPSA) is 89.6 Å². The van der Waals surface area contributed by atoms with Crippen molar-refractivity contribution in [3.63, 3.8) is 0 Å². The standard InChI is InChI=1S/C23H26N4O4/c1-17-20(10-15-30-17)23(29)26-13-8-18(9-14-26)27-21(7-12-24-27)25-22(28)11-16-31-19-5-3-2-4-6-19/h2-7,10,12,15,18H,8-9,11,13-14,16H2,1H3,(H,25,28). The average Bonchev–Trinajstić information content (AvgIpc) is 3.43. The smallest absolute Gasteiger partial charge is 0.257 e. The van der Waals surface area contributed by atoms with Gasteiger partial charge in [-0.3, -0.25) is 9.59 Å². The summed E-state index contributed by atoms with van der Waals surface area (Å²) in [5.41, 5.74) is 0.614. The van der Waals surface area contributed by atoms with E-state index in [1.165, 1.54) is 0 Å². The molecule has 0 atom stereocenters. The Morgan fingerprint density at radius 1 is 1.16 bits per heavy atom. The Morgan fingerprint density at radius 3 is 2.65 bits per heavy atom. The van der Waals surface area contributed by atoms with Gasteiger partial charge in [0, 0.05) is 19.2 Å². The molecule has 3 heterocycles. The number of ether oxygens (including phenoxy) is 1. The summed E-state index contributed by atoms with van der Waals surface area (Å²) in [6, 6.07) is 13.1. The number of aromatic nitrogens is 2. The molecule has 0 radical (unpaired) electrons. The molecule has 1 N–H and O–H groups in total. The number of amides is 2. The normalized spacial score (nSPS) is 14.4. The predicted molar refractivity (Wildman–Crippen MR) is 115 cm³/mol. The van der Waals surface area contributed by atoms with Gasteiger partial charge in [-0.1, -0.05) is 18.2 Å². The van der Waals surface area contributed by atoms with Crippen LogP contribution in [0.4, 0.5) is 5.82 Å². The number of likely N-dealkylation sites (tertiary alicyclic amines) is 1. The SMILES string of the molecule is Cc1occc1C(=O)N1CCC(n2nccc2NC(=O)CCOc2ccccc2)CC1. The third kappa shape index (κ3) is 4.96. The number of para-hydroxylation sites is 1. The molecule has 8 heteroatoms. The summed E-state index contributed by atoms with van der Waals surface area (Å²) < 4.78 is 12.7. The van der Waals surface area contributed by atoms with E-state index >= 15 is 0 Å². The van der Waals surface area contributed by atoms with Crippen LogP contribution in [0.15, 0.2) is 59.3 Å². The maximum atomic E-state index is 12.7. The van der Waals surface area contributed by atoms with Crippen molar-refractivity contribution < 1.29 is 18.7 Å². The van der Waals surface area contributed by atoms with Crippen molar-refractivity contribution in [1.29, 1.82) is 0 Å². The highest BCUT2D eigenvalue weighted by Gasteiger charge is 2.27. The van der Waals surface area contributed by atoms with Crippen LogP contribution >= 0.6 is 0 Å². The molecular formula is C23H26N4O4. The van der Waals surface area contributed by atoms with E-state index in [9.17, 15) is 9.59 Å². The molecule has 1 saturated heterocycles. The number of benzene rings is 1. The molecule has 0 aliphatic carbocycles. The minimum atomic E-state index is -0.124. The van der Waals surface area contributed by atoms with Crippen LogP contribution in [0.1, 0.15) is 41.4 Å². The summed E-state index contributed by atoms with van der Waals surface area (Å²) in [5, 5.41) is 7.33. The van der Waals surface area contributed by atoms with Crippen LogP contribution in [0.2, 0.25) is 0 Å². The van der Waals surface area contributed by atoms with Gasteiger partial charge >= 0.3 is 0 Å². The van der Waals surface area contributed by atoms with Crippen LogP contribution in [-0.2, 0) is 4.79 Å². The Bertz CT molecular complexity index is 1020. The summed E-state index contributed by atoms with van der Waals surface area (Å²) in [5.74, 6) is 1.92. The first-order chi connectivity index (χ1) is 15.1. The second-order valence-electron chi connectivity index (χ2n) is 7.53. The number of anilines is 1. The third-order valence-electron chi connectivity index (χ3n) is 5.47. The molecule has 8 nitrogen and oxygen atoms in total. The van der Waals surface area contributed by atoms with Crippen molar-refractivity contribution in [3.05, 3.63) is 66.2 Å².